The highest BCUT2D eigenvalue weighted by Crippen LogP contribution is 2.22. The van der Waals surface area contributed by atoms with E-state index < -0.39 is 0 Å². The second-order valence-electron chi connectivity index (χ2n) is 3.44. The van der Waals surface area contributed by atoms with E-state index in [1.54, 1.807) is 6.26 Å². The van der Waals surface area contributed by atoms with Gasteiger partial charge in [0.05, 0.1) is 12.8 Å². The van der Waals surface area contributed by atoms with Gasteiger partial charge in [-0.1, -0.05) is 0 Å². The third-order valence-corrected chi connectivity index (χ3v) is 3.57. The standard InChI is InChI=1S/C10H15NOS/c1-2-10(12-4-1)7-11-6-9-3-5-13-8-9/h1-2,4,9,11H,3,5-8H2. The fraction of sp³-hybridized carbons (Fsp3) is 0.600. The Kier molecular flexibility index (Phi) is 3.33. The predicted octanol–water partition coefficient (Wildman–Crippen LogP) is 2.12. The summed E-state index contributed by atoms with van der Waals surface area (Å²) >= 11 is 2.07. The van der Waals surface area contributed by atoms with Crippen LogP contribution in [-0.2, 0) is 6.54 Å². The van der Waals surface area contributed by atoms with Crippen LogP contribution in [0.2, 0.25) is 0 Å². The first kappa shape index (κ1) is 9.16. The van der Waals surface area contributed by atoms with E-state index in [0.29, 0.717) is 0 Å². The number of thioether (sulfide) groups is 1. The number of rotatable bonds is 4. The Hall–Kier alpha value is -0.410. The van der Waals surface area contributed by atoms with Crippen molar-refractivity contribution in [2.75, 3.05) is 18.1 Å². The molecule has 0 radical (unpaired) electrons. The lowest BCUT2D eigenvalue weighted by atomic mass is 10.1. The number of hydrogen-bond donors (Lipinski definition) is 1. The summed E-state index contributed by atoms with van der Waals surface area (Å²) in [5.74, 6) is 4.57. The monoisotopic (exact) mass is 197 g/mol. The van der Waals surface area contributed by atoms with Crippen molar-refractivity contribution in [1.82, 2.24) is 5.32 Å². The van der Waals surface area contributed by atoms with Crippen molar-refractivity contribution in [3.05, 3.63) is 24.2 Å². The molecular weight excluding hydrogens is 182 g/mol. The summed E-state index contributed by atoms with van der Waals surface area (Å²) in [5, 5.41) is 3.42. The van der Waals surface area contributed by atoms with Gasteiger partial charge in [-0.25, -0.2) is 0 Å². The lowest BCUT2D eigenvalue weighted by Crippen LogP contribution is -2.21. The Morgan fingerprint density at radius 1 is 1.62 bits per heavy atom. The zero-order valence-corrected chi connectivity index (χ0v) is 8.48. The first-order chi connectivity index (χ1) is 6.45. The van der Waals surface area contributed by atoms with Gasteiger partial charge in [0.1, 0.15) is 5.76 Å². The summed E-state index contributed by atoms with van der Waals surface area (Å²) in [6, 6.07) is 3.94. The molecule has 0 spiro atoms. The van der Waals surface area contributed by atoms with E-state index in [4.69, 9.17) is 4.42 Å². The molecular formula is C10H15NOS. The van der Waals surface area contributed by atoms with E-state index >= 15 is 0 Å². The quantitative estimate of drug-likeness (QED) is 0.800. The third-order valence-electron chi connectivity index (χ3n) is 2.34. The normalized spacial score (nSPS) is 22.3. The molecule has 1 aromatic rings. The average molecular weight is 197 g/mol. The van der Waals surface area contributed by atoms with Gasteiger partial charge < -0.3 is 9.73 Å². The third kappa shape index (κ3) is 2.78. The fourth-order valence-electron chi connectivity index (χ4n) is 1.56. The van der Waals surface area contributed by atoms with E-state index in [-0.39, 0.29) is 0 Å². The Morgan fingerprint density at radius 3 is 3.31 bits per heavy atom. The molecule has 1 N–H and O–H groups in total. The number of furan rings is 1. The minimum atomic E-state index is 0.869. The second-order valence-corrected chi connectivity index (χ2v) is 4.59. The Bertz CT molecular complexity index is 229. The zero-order chi connectivity index (χ0) is 8.93. The molecule has 1 unspecified atom stereocenters. The minimum absolute atomic E-state index is 0.869. The molecule has 13 heavy (non-hydrogen) atoms. The Balaban J connectivity index is 1.63. The molecule has 0 saturated carbocycles. The molecule has 1 aliphatic rings. The SMILES string of the molecule is c1coc(CNCC2CCSC2)c1. The van der Waals surface area contributed by atoms with Crippen LogP contribution in [0.3, 0.4) is 0 Å². The highest BCUT2D eigenvalue weighted by Gasteiger charge is 2.14. The van der Waals surface area contributed by atoms with Crippen LogP contribution in [0.5, 0.6) is 0 Å². The lowest BCUT2D eigenvalue weighted by Gasteiger charge is -2.07. The smallest absolute Gasteiger partial charge is 0.117 e. The van der Waals surface area contributed by atoms with Crippen molar-refractivity contribution in [1.29, 1.82) is 0 Å². The summed E-state index contributed by atoms with van der Waals surface area (Å²) in [5.41, 5.74) is 0. The molecule has 2 heterocycles. The van der Waals surface area contributed by atoms with E-state index in [1.807, 2.05) is 12.1 Å². The topological polar surface area (TPSA) is 25.2 Å². The summed E-state index contributed by atoms with van der Waals surface area (Å²) < 4.78 is 5.23. The molecule has 72 valence electrons. The average Bonchev–Trinajstić information content (AvgIpc) is 2.75. The first-order valence-electron chi connectivity index (χ1n) is 4.76. The van der Waals surface area contributed by atoms with Crippen LogP contribution < -0.4 is 5.32 Å². The van der Waals surface area contributed by atoms with Crippen LogP contribution in [0.4, 0.5) is 0 Å². The maximum atomic E-state index is 5.23. The van der Waals surface area contributed by atoms with Crippen LogP contribution in [0.1, 0.15) is 12.2 Å². The van der Waals surface area contributed by atoms with Gasteiger partial charge in [0.15, 0.2) is 0 Å². The highest BCUT2D eigenvalue weighted by atomic mass is 32.2. The maximum absolute atomic E-state index is 5.23. The molecule has 0 aliphatic carbocycles. The van der Waals surface area contributed by atoms with Gasteiger partial charge in [-0.15, -0.1) is 0 Å². The van der Waals surface area contributed by atoms with Crippen LogP contribution in [0, 0.1) is 5.92 Å². The van der Waals surface area contributed by atoms with Gasteiger partial charge >= 0.3 is 0 Å². The summed E-state index contributed by atoms with van der Waals surface area (Å²) in [4.78, 5) is 0. The Labute approximate surface area is 83.1 Å². The van der Waals surface area contributed by atoms with Crippen LogP contribution in [0.15, 0.2) is 22.8 Å². The molecule has 2 nitrogen and oxygen atoms in total. The molecule has 0 aromatic carbocycles. The fourth-order valence-corrected chi connectivity index (χ4v) is 2.84. The molecule has 0 bridgehead atoms. The number of hydrogen-bond acceptors (Lipinski definition) is 3. The number of nitrogens with one attached hydrogen (secondary N) is 1. The highest BCUT2D eigenvalue weighted by molar-refractivity contribution is 7.99. The summed E-state index contributed by atoms with van der Waals surface area (Å²) in [6.07, 6.45) is 3.10. The molecule has 2 rings (SSSR count). The van der Waals surface area contributed by atoms with Crippen molar-refractivity contribution >= 4 is 11.8 Å². The lowest BCUT2D eigenvalue weighted by molar-refractivity contribution is 0.457. The van der Waals surface area contributed by atoms with Gasteiger partial charge in [-0.05, 0) is 42.5 Å². The van der Waals surface area contributed by atoms with Crippen molar-refractivity contribution in [3.8, 4) is 0 Å². The molecule has 1 aliphatic heterocycles. The summed E-state index contributed by atoms with van der Waals surface area (Å²) in [7, 11) is 0. The van der Waals surface area contributed by atoms with Crippen molar-refractivity contribution < 1.29 is 4.42 Å². The molecule has 1 aromatic heterocycles. The molecule has 0 amide bonds. The van der Waals surface area contributed by atoms with E-state index in [1.165, 1.54) is 17.9 Å². The van der Waals surface area contributed by atoms with Crippen molar-refractivity contribution in [2.24, 2.45) is 5.92 Å². The first-order valence-corrected chi connectivity index (χ1v) is 5.91. The minimum Gasteiger partial charge on any atom is -0.468 e. The molecule has 3 heteroatoms. The van der Waals surface area contributed by atoms with E-state index in [9.17, 15) is 0 Å². The molecule has 1 fully saturated rings. The van der Waals surface area contributed by atoms with E-state index in [0.717, 1.165) is 24.8 Å². The zero-order valence-electron chi connectivity index (χ0n) is 7.66. The molecule has 1 saturated heterocycles. The van der Waals surface area contributed by atoms with Gasteiger partial charge in [-0.3, -0.25) is 0 Å². The molecule has 1 atom stereocenters. The van der Waals surface area contributed by atoms with E-state index in [2.05, 4.69) is 17.1 Å². The van der Waals surface area contributed by atoms with Gasteiger partial charge in [0.25, 0.3) is 0 Å². The van der Waals surface area contributed by atoms with Gasteiger partial charge in [0, 0.05) is 0 Å². The van der Waals surface area contributed by atoms with Crippen LogP contribution >= 0.6 is 11.8 Å². The van der Waals surface area contributed by atoms with Crippen molar-refractivity contribution in [3.63, 3.8) is 0 Å². The van der Waals surface area contributed by atoms with Crippen LogP contribution in [0.25, 0.3) is 0 Å². The predicted molar refractivity (Wildman–Crippen MR) is 55.8 cm³/mol. The van der Waals surface area contributed by atoms with Crippen molar-refractivity contribution in [2.45, 2.75) is 13.0 Å². The van der Waals surface area contributed by atoms with Gasteiger partial charge in [-0.2, -0.15) is 11.8 Å². The second kappa shape index (κ2) is 4.72. The summed E-state index contributed by atoms with van der Waals surface area (Å²) in [6.45, 7) is 2.00. The Morgan fingerprint density at radius 2 is 2.62 bits per heavy atom. The van der Waals surface area contributed by atoms with Gasteiger partial charge in [0.2, 0.25) is 0 Å². The maximum Gasteiger partial charge on any atom is 0.117 e. The van der Waals surface area contributed by atoms with Crippen LogP contribution in [-0.4, -0.2) is 18.1 Å². The largest absolute Gasteiger partial charge is 0.468 e.